The zero-order valence-electron chi connectivity index (χ0n) is 10.0. The minimum absolute atomic E-state index is 0.0611. The van der Waals surface area contributed by atoms with Gasteiger partial charge in [-0.15, -0.1) is 5.10 Å². The molecule has 100 valence electrons. The normalized spacial score (nSPS) is 23.8. The third-order valence-electron chi connectivity index (χ3n) is 2.86. The van der Waals surface area contributed by atoms with Gasteiger partial charge in [-0.05, 0) is 23.3 Å². The quantitative estimate of drug-likeness (QED) is 0.679. The number of carbonyl (C=O) groups is 1. The molecule has 18 heavy (non-hydrogen) atoms. The van der Waals surface area contributed by atoms with Gasteiger partial charge in [0.15, 0.2) is 0 Å². The summed E-state index contributed by atoms with van der Waals surface area (Å²) < 4.78 is 6.68. The van der Waals surface area contributed by atoms with E-state index in [1.807, 2.05) is 0 Å². The zero-order chi connectivity index (χ0) is 12.8. The Balaban J connectivity index is 1.65. The number of aliphatic hydroxyl groups is 1. The van der Waals surface area contributed by atoms with Gasteiger partial charge in [-0.25, -0.2) is 4.68 Å². The highest BCUT2D eigenvalue weighted by Crippen LogP contribution is 2.08. The number of aryl methyl sites for hydroxylation is 1. The molecule has 1 aliphatic rings. The summed E-state index contributed by atoms with van der Waals surface area (Å²) in [6.45, 7) is 1.47. The minimum Gasteiger partial charge on any atom is -0.389 e. The monoisotopic (exact) mass is 255 g/mol. The van der Waals surface area contributed by atoms with Crippen molar-refractivity contribution in [3.8, 4) is 0 Å². The van der Waals surface area contributed by atoms with Crippen LogP contribution in [-0.2, 0) is 16.1 Å². The molecule has 1 aromatic heterocycles. The number of ether oxygens (including phenoxy) is 1. The third-order valence-corrected chi connectivity index (χ3v) is 2.86. The molecule has 2 N–H and O–H groups in total. The summed E-state index contributed by atoms with van der Waals surface area (Å²) in [7, 11) is 0. The van der Waals surface area contributed by atoms with E-state index in [-0.39, 0.29) is 18.6 Å². The maximum atomic E-state index is 11.7. The lowest BCUT2D eigenvalue weighted by molar-refractivity contribution is -0.124. The first kappa shape index (κ1) is 12.9. The van der Waals surface area contributed by atoms with Crippen molar-refractivity contribution >= 4 is 5.91 Å². The van der Waals surface area contributed by atoms with Crippen molar-refractivity contribution in [2.45, 2.75) is 38.0 Å². The summed E-state index contributed by atoms with van der Waals surface area (Å²) in [5.74, 6) is -0.0611. The number of nitrogens with one attached hydrogen (secondary N) is 1. The maximum absolute atomic E-state index is 11.7. The van der Waals surface area contributed by atoms with Crippen LogP contribution in [0.2, 0.25) is 0 Å². The van der Waals surface area contributed by atoms with E-state index in [0.29, 0.717) is 32.4 Å². The topological polar surface area (TPSA) is 102 Å². The first-order valence-electron chi connectivity index (χ1n) is 6.01. The van der Waals surface area contributed by atoms with Crippen LogP contribution in [0.15, 0.2) is 6.33 Å². The van der Waals surface area contributed by atoms with Crippen LogP contribution < -0.4 is 5.32 Å². The molecule has 1 aromatic rings. The van der Waals surface area contributed by atoms with Crippen molar-refractivity contribution in [1.82, 2.24) is 25.5 Å². The summed E-state index contributed by atoms with van der Waals surface area (Å²) in [6, 6.07) is -0.195. The highest BCUT2D eigenvalue weighted by molar-refractivity contribution is 5.76. The van der Waals surface area contributed by atoms with Crippen molar-refractivity contribution in [2.75, 3.05) is 13.2 Å². The Kier molecular flexibility index (Phi) is 4.59. The van der Waals surface area contributed by atoms with Crippen molar-refractivity contribution in [3.05, 3.63) is 6.33 Å². The van der Waals surface area contributed by atoms with E-state index < -0.39 is 6.10 Å². The summed E-state index contributed by atoms with van der Waals surface area (Å²) in [4.78, 5) is 11.7. The van der Waals surface area contributed by atoms with Crippen molar-refractivity contribution in [3.63, 3.8) is 0 Å². The number of carbonyl (C=O) groups excluding carboxylic acids is 1. The molecule has 2 rings (SSSR count). The minimum atomic E-state index is -0.609. The Hall–Kier alpha value is -1.54. The smallest absolute Gasteiger partial charge is 0.220 e. The van der Waals surface area contributed by atoms with E-state index in [0.717, 1.165) is 0 Å². The van der Waals surface area contributed by atoms with E-state index in [1.54, 1.807) is 4.68 Å². The van der Waals surface area contributed by atoms with Crippen LogP contribution in [0.1, 0.15) is 19.3 Å². The lowest BCUT2D eigenvalue weighted by Crippen LogP contribution is -2.48. The molecule has 8 nitrogen and oxygen atoms in total. The summed E-state index contributed by atoms with van der Waals surface area (Å²) in [6.07, 6.45) is 2.61. The third kappa shape index (κ3) is 3.74. The Morgan fingerprint density at radius 2 is 2.50 bits per heavy atom. The van der Waals surface area contributed by atoms with Crippen LogP contribution in [0, 0.1) is 0 Å². The lowest BCUT2D eigenvalue weighted by atomic mass is 10.1. The van der Waals surface area contributed by atoms with Crippen LogP contribution in [0.4, 0.5) is 0 Å². The second kappa shape index (κ2) is 6.41. The van der Waals surface area contributed by atoms with Crippen LogP contribution in [0.25, 0.3) is 0 Å². The number of nitrogens with zero attached hydrogens (tertiary/aromatic N) is 4. The molecule has 2 heterocycles. The summed E-state index contributed by atoms with van der Waals surface area (Å²) in [5, 5.41) is 23.2. The van der Waals surface area contributed by atoms with Crippen molar-refractivity contribution in [2.24, 2.45) is 0 Å². The van der Waals surface area contributed by atoms with Gasteiger partial charge in [-0.3, -0.25) is 4.79 Å². The molecule has 1 saturated heterocycles. The summed E-state index contributed by atoms with van der Waals surface area (Å²) >= 11 is 0. The SMILES string of the molecule is O=C(CCCn1cnnn1)N[C@@H]1CCOC[C@H]1O. The maximum Gasteiger partial charge on any atom is 0.220 e. The fraction of sp³-hybridized carbons (Fsp3) is 0.800. The second-order valence-electron chi connectivity index (χ2n) is 4.28. The first-order chi connectivity index (χ1) is 8.75. The molecule has 1 aliphatic heterocycles. The molecule has 0 saturated carbocycles. The Morgan fingerprint density at radius 3 is 3.22 bits per heavy atom. The van der Waals surface area contributed by atoms with Gasteiger partial charge in [0.25, 0.3) is 0 Å². The predicted octanol–water partition coefficient (Wildman–Crippen LogP) is -1.28. The molecule has 8 heteroatoms. The van der Waals surface area contributed by atoms with Crippen LogP contribution in [0.3, 0.4) is 0 Å². The lowest BCUT2D eigenvalue weighted by Gasteiger charge is -2.28. The fourth-order valence-electron chi connectivity index (χ4n) is 1.85. The van der Waals surface area contributed by atoms with Crippen molar-refractivity contribution < 1.29 is 14.6 Å². The highest BCUT2D eigenvalue weighted by atomic mass is 16.5. The number of tetrazole rings is 1. The largest absolute Gasteiger partial charge is 0.389 e. The van der Waals surface area contributed by atoms with Gasteiger partial charge in [-0.2, -0.15) is 0 Å². The van der Waals surface area contributed by atoms with E-state index in [4.69, 9.17) is 4.74 Å². The molecule has 1 fully saturated rings. The van der Waals surface area contributed by atoms with E-state index in [2.05, 4.69) is 20.8 Å². The molecule has 0 bridgehead atoms. The number of aromatic nitrogens is 4. The molecule has 2 atom stereocenters. The number of hydrogen-bond acceptors (Lipinski definition) is 6. The number of aliphatic hydroxyl groups excluding tert-OH is 1. The van der Waals surface area contributed by atoms with Gasteiger partial charge < -0.3 is 15.2 Å². The Bertz CT molecular complexity index is 370. The molecule has 1 amide bonds. The van der Waals surface area contributed by atoms with E-state index in [9.17, 15) is 9.90 Å². The van der Waals surface area contributed by atoms with Gasteiger partial charge in [0.2, 0.25) is 5.91 Å². The van der Waals surface area contributed by atoms with Gasteiger partial charge in [0.1, 0.15) is 6.33 Å². The van der Waals surface area contributed by atoms with Crippen LogP contribution in [0.5, 0.6) is 0 Å². The highest BCUT2D eigenvalue weighted by Gasteiger charge is 2.24. The van der Waals surface area contributed by atoms with Crippen molar-refractivity contribution in [1.29, 1.82) is 0 Å². The molecule has 0 aliphatic carbocycles. The molecular weight excluding hydrogens is 238 g/mol. The van der Waals surface area contributed by atoms with Gasteiger partial charge in [0.05, 0.1) is 18.8 Å². The van der Waals surface area contributed by atoms with Crippen LogP contribution >= 0.6 is 0 Å². The molecular formula is C10H17N5O3. The van der Waals surface area contributed by atoms with Gasteiger partial charge >= 0.3 is 0 Å². The average molecular weight is 255 g/mol. The second-order valence-corrected chi connectivity index (χ2v) is 4.28. The molecule has 0 spiro atoms. The van der Waals surface area contributed by atoms with E-state index in [1.165, 1.54) is 6.33 Å². The standard InChI is InChI=1S/C10H17N5O3/c16-9-6-18-5-3-8(9)12-10(17)2-1-4-15-7-11-13-14-15/h7-9,16H,1-6H2,(H,12,17)/t8-,9-/m1/s1. The predicted molar refractivity (Wildman–Crippen MR) is 60.4 cm³/mol. The van der Waals surface area contributed by atoms with Gasteiger partial charge in [0, 0.05) is 19.6 Å². The Labute approximate surface area is 104 Å². The first-order valence-corrected chi connectivity index (χ1v) is 6.01. The zero-order valence-corrected chi connectivity index (χ0v) is 10.0. The summed E-state index contributed by atoms with van der Waals surface area (Å²) in [5.41, 5.74) is 0. The molecule has 0 radical (unpaired) electrons. The number of amides is 1. The van der Waals surface area contributed by atoms with Gasteiger partial charge in [-0.1, -0.05) is 0 Å². The van der Waals surface area contributed by atoms with E-state index >= 15 is 0 Å². The number of rotatable bonds is 5. The Morgan fingerprint density at radius 1 is 1.61 bits per heavy atom. The molecule has 0 unspecified atom stereocenters. The number of hydrogen-bond donors (Lipinski definition) is 2. The van der Waals surface area contributed by atoms with Crippen LogP contribution in [-0.4, -0.2) is 56.6 Å². The molecule has 0 aromatic carbocycles. The average Bonchev–Trinajstić information content (AvgIpc) is 2.85. The fourth-order valence-corrected chi connectivity index (χ4v) is 1.85.